The van der Waals surface area contributed by atoms with Crippen molar-refractivity contribution in [1.82, 2.24) is 10.3 Å². The molecule has 0 bridgehead atoms. The maximum Gasteiger partial charge on any atom is 0.326 e. The number of benzene rings is 1. The first-order valence-electron chi connectivity index (χ1n) is 15.6. The normalized spacial score (nSPS) is 33.7. The number of nitrogens with zero attached hydrogens (tertiary/aromatic N) is 1. The molecule has 8 nitrogen and oxygen atoms in total. The molecule has 7 atom stereocenters. The minimum Gasteiger partial charge on any atom is -0.480 e. The van der Waals surface area contributed by atoms with Crippen molar-refractivity contribution in [2.24, 2.45) is 39.7 Å². The second-order valence-electron chi connectivity index (χ2n) is 13.7. The van der Waals surface area contributed by atoms with E-state index in [4.69, 9.17) is 4.84 Å². The number of nitrogens with one attached hydrogen (secondary N) is 2. The number of rotatable bonds is 8. The van der Waals surface area contributed by atoms with E-state index in [9.17, 15) is 19.5 Å². The van der Waals surface area contributed by atoms with Gasteiger partial charge >= 0.3 is 5.97 Å². The quantitative estimate of drug-likeness (QED) is 0.344. The third-order valence-electron chi connectivity index (χ3n) is 11.6. The first-order valence-corrected chi connectivity index (χ1v) is 15.6. The number of para-hydroxylation sites is 1. The summed E-state index contributed by atoms with van der Waals surface area (Å²) in [5.41, 5.74) is 4.36. The Kier molecular flexibility index (Phi) is 7.52. The van der Waals surface area contributed by atoms with E-state index in [0.29, 0.717) is 23.5 Å². The summed E-state index contributed by atoms with van der Waals surface area (Å²) in [5, 5.41) is 17.6. The fourth-order valence-corrected chi connectivity index (χ4v) is 9.44. The van der Waals surface area contributed by atoms with E-state index >= 15 is 0 Å². The van der Waals surface area contributed by atoms with Gasteiger partial charge in [-0.15, -0.1) is 0 Å². The molecule has 4 aliphatic rings. The van der Waals surface area contributed by atoms with Crippen molar-refractivity contribution in [3.8, 4) is 0 Å². The second-order valence-corrected chi connectivity index (χ2v) is 13.7. The van der Waals surface area contributed by atoms with E-state index in [-0.39, 0.29) is 29.8 Å². The molecule has 1 aromatic heterocycles. The van der Waals surface area contributed by atoms with Crippen LogP contribution in [-0.4, -0.2) is 46.1 Å². The summed E-state index contributed by atoms with van der Waals surface area (Å²) in [6.07, 6.45) is 12.7. The number of ketones is 1. The van der Waals surface area contributed by atoms with Crippen LogP contribution >= 0.6 is 0 Å². The maximum atomic E-state index is 12.6. The molecule has 0 saturated heterocycles. The fraction of sp³-hybridized carbons (Fsp3) is 0.588. The zero-order valence-corrected chi connectivity index (χ0v) is 24.9. The highest BCUT2D eigenvalue weighted by molar-refractivity contribution is 5.96. The van der Waals surface area contributed by atoms with Crippen LogP contribution in [0.5, 0.6) is 0 Å². The van der Waals surface area contributed by atoms with Crippen molar-refractivity contribution >= 4 is 34.3 Å². The molecule has 2 aromatic rings. The monoisotopic (exact) mass is 573 g/mol. The lowest BCUT2D eigenvalue weighted by Gasteiger charge is -2.58. The molecule has 42 heavy (non-hydrogen) atoms. The number of carbonyl (C=O) groups is 3. The average molecular weight is 574 g/mol. The van der Waals surface area contributed by atoms with Gasteiger partial charge < -0.3 is 20.2 Å². The van der Waals surface area contributed by atoms with Crippen molar-refractivity contribution in [2.75, 3.05) is 6.61 Å². The number of oxime groups is 1. The number of allylic oxidation sites excluding steroid dienone is 2. The number of aromatic nitrogens is 1. The zero-order valence-electron chi connectivity index (χ0n) is 24.9. The number of amides is 1. The molecule has 1 heterocycles. The molecule has 5 unspecified atom stereocenters. The van der Waals surface area contributed by atoms with Crippen molar-refractivity contribution in [1.29, 1.82) is 0 Å². The van der Waals surface area contributed by atoms with Gasteiger partial charge in [-0.2, -0.15) is 0 Å². The topological polar surface area (TPSA) is 121 Å². The van der Waals surface area contributed by atoms with Gasteiger partial charge in [0.2, 0.25) is 0 Å². The summed E-state index contributed by atoms with van der Waals surface area (Å²) >= 11 is 0. The van der Waals surface area contributed by atoms with Gasteiger partial charge in [-0.1, -0.05) is 42.8 Å². The number of hydrogen-bond donors (Lipinski definition) is 3. The third-order valence-corrected chi connectivity index (χ3v) is 11.6. The number of Topliss-reactive ketones (excluding diaryl/α,β-unsaturated/α-hetero) is 1. The lowest BCUT2D eigenvalue weighted by atomic mass is 9.46. The molecule has 0 spiro atoms. The predicted molar refractivity (Wildman–Crippen MR) is 161 cm³/mol. The van der Waals surface area contributed by atoms with Gasteiger partial charge in [0.25, 0.3) is 5.91 Å². The molecule has 0 aliphatic heterocycles. The third kappa shape index (κ3) is 4.96. The predicted octanol–water partition coefficient (Wildman–Crippen LogP) is 5.82. The summed E-state index contributed by atoms with van der Waals surface area (Å²) in [7, 11) is 0. The van der Waals surface area contributed by atoms with E-state index in [0.717, 1.165) is 54.3 Å². The standard InChI is InChI=1S/C34H43N3O5/c1-20(38)26-10-11-27-25-9-8-22-17-23(12-14-33(22,2)28(25)13-15-34(26,27)3)37-42-19-31(39)36-30(32(40)41)16-21-18-35-29-7-5-4-6-24(21)29/h4-7,17-18,25-28,30,35H,8-16,19H2,1-3H3,(H,36,39)(H,40,41)/b37-23+/t25?,26?,27?,28?,30?,33-,34+/m0/s1. The van der Waals surface area contributed by atoms with Gasteiger partial charge in [-0.25, -0.2) is 4.79 Å². The summed E-state index contributed by atoms with van der Waals surface area (Å²) in [4.78, 5) is 45.5. The SMILES string of the molecule is CC(=O)C1CCC2C3CCC4=C/C(=N/OCC(=O)NC(Cc5c[nH]c6ccccc56)C(=O)O)CC[C@]4(C)C3CC[C@]12C. The summed E-state index contributed by atoms with van der Waals surface area (Å²) < 4.78 is 0. The van der Waals surface area contributed by atoms with E-state index in [1.807, 2.05) is 24.3 Å². The van der Waals surface area contributed by atoms with Crippen LogP contribution in [0.2, 0.25) is 0 Å². The van der Waals surface area contributed by atoms with Crippen molar-refractivity contribution in [3.63, 3.8) is 0 Å². The van der Waals surface area contributed by atoms with Gasteiger partial charge in [0, 0.05) is 29.4 Å². The zero-order chi connectivity index (χ0) is 29.6. The van der Waals surface area contributed by atoms with Crippen LogP contribution in [0.1, 0.15) is 77.7 Å². The van der Waals surface area contributed by atoms with Gasteiger partial charge in [-0.3, -0.25) is 9.59 Å². The first kappa shape index (κ1) is 28.7. The lowest BCUT2D eigenvalue weighted by molar-refractivity contribution is -0.142. The Morgan fingerprint density at radius 2 is 1.90 bits per heavy atom. The van der Waals surface area contributed by atoms with Crippen LogP contribution in [0.25, 0.3) is 10.9 Å². The molecule has 224 valence electrons. The minimum atomic E-state index is -1.09. The Labute approximate surface area is 247 Å². The number of aromatic amines is 1. The van der Waals surface area contributed by atoms with Gasteiger partial charge in [0.1, 0.15) is 11.8 Å². The number of H-pyrrole nitrogens is 1. The Morgan fingerprint density at radius 3 is 2.69 bits per heavy atom. The first-order chi connectivity index (χ1) is 20.1. The van der Waals surface area contributed by atoms with E-state index in [1.54, 1.807) is 13.1 Å². The summed E-state index contributed by atoms with van der Waals surface area (Å²) in [5.74, 6) is 0.967. The molecule has 4 aliphatic carbocycles. The molecule has 3 fully saturated rings. The average Bonchev–Trinajstić information content (AvgIpc) is 3.53. The van der Waals surface area contributed by atoms with Crippen LogP contribution in [-0.2, 0) is 25.6 Å². The van der Waals surface area contributed by atoms with Gasteiger partial charge in [-0.05, 0) is 105 Å². The van der Waals surface area contributed by atoms with Crippen molar-refractivity contribution < 1.29 is 24.3 Å². The molecule has 3 N–H and O–H groups in total. The Bertz CT molecular complexity index is 1460. The second kappa shape index (κ2) is 11.0. The molecule has 0 radical (unpaired) electrons. The summed E-state index contributed by atoms with van der Waals surface area (Å²) in [6.45, 7) is 6.28. The Balaban J connectivity index is 1.06. The molecule has 6 rings (SSSR count). The van der Waals surface area contributed by atoms with E-state index < -0.39 is 17.9 Å². The fourth-order valence-electron chi connectivity index (χ4n) is 9.44. The van der Waals surface area contributed by atoms with Gasteiger partial charge in [0.05, 0.1) is 5.71 Å². The molecular formula is C34H43N3O5. The van der Waals surface area contributed by atoms with Crippen LogP contribution in [0.3, 0.4) is 0 Å². The van der Waals surface area contributed by atoms with Crippen LogP contribution in [0.15, 0.2) is 47.3 Å². The van der Waals surface area contributed by atoms with E-state index in [2.05, 4.69) is 35.4 Å². The van der Waals surface area contributed by atoms with Crippen LogP contribution < -0.4 is 5.32 Å². The Hall–Kier alpha value is -3.42. The highest BCUT2D eigenvalue weighted by Gasteiger charge is 2.59. The number of fused-ring (bicyclic) bond motifs is 6. The number of carboxylic acid groups (broad SMARTS) is 1. The molecule has 1 amide bonds. The van der Waals surface area contributed by atoms with Crippen molar-refractivity contribution in [3.05, 3.63) is 47.7 Å². The highest BCUT2D eigenvalue weighted by atomic mass is 16.6. The maximum absolute atomic E-state index is 12.6. The largest absolute Gasteiger partial charge is 0.480 e. The lowest BCUT2D eigenvalue weighted by Crippen LogP contribution is -2.51. The number of carbonyl (C=O) groups excluding carboxylic acids is 2. The minimum absolute atomic E-state index is 0.145. The highest BCUT2D eigenvalue weighted by Crippen LogP contribution is 2.66. The number of carboxylic acids is 1. The van der Waals surface area contributed by atoms with Gasteiger partial charge in [0.15, 0.2) is 6.61 Å². The van der Waals surface area contributed by atoms with Crippen molar-refractivity contribution in [2.45, 2.75) is 84.6 Å². The Morgan fingerprint density at radius 1 is 1.10 bits per heavy atom. The molecule has 1 aromatic carbocycles. The number of aliphatic carboxylic acids is 1. The van der Waals surface area contributed by atoms with Crippen LogP contribution in [0.4, 0.5) is 0 Å². The smallest absolute Gasteiger partial charge is 0.326 e. The summed E-state index contributed by atoms with van der Waals surface area (Å²) in [6, 6.07) is 6.61. The van der Waals surface area contributed by atoms with E-state index in [1.165, 1.54) is 24.8 Å². The number of hydrogen-bond acceptors (Lipinski definition) is 5. The molecule has 8 heteroatoms. The molecular weight excluding hydrogens is 530 g/mol. The molecule has 3 saturated carbocycles. The van der Waals surface area contributed by atoms with Crippen LogP contribution in [0, 0.1) is 34.5 Å².